The van der Waals surface area contributed by atoms with E-state index in [1.807, 2.05) is 18.2 Å². The van der Waals surface area contributed by atoms with E-state index in [0.717, 1.165) is 42.7 Å². The van der Waals surface area contributed by atoms with Crippen LogP contribution in [0.1, 0.15) is 52.0 Å². The molecule has 1 saturated carbocycles. The molecule has 33 heavy (non-hydrogen) atoms. The van der Waals surface area contributed by atoms with Gasteiger partial charge >= 0.3 is 5.97 Å². The van der Waals surface area contributed by atoms with Gasteiger partial charge in [-0.15, -0.1) is 0 Å². The Morgan fingerprint density at radius 3 is 2.67 bits per heavy atom. The van der Waals surface area contributed by atoms with Crippen molar-refractivity contribution in [2.75, 3.05) is 13.9 Å². The second-order valence-electron chi connectivity index (χ2n) is 10.6. The number of carbonyl (C=O) groups excluding carboxylic acids is 1. The highest BCUT2D eigenvalue weighted by molar-refractivity contribution is 6.74. The summed E-state index contributed by atoms with van der Waals surface area (Å²) in [6.45, 7) is 11.7. The Kier molecular flexibility index (Phi) is 6.55. The molecule has 7 nitrogen and oxygen atoms in total. The number of hydrogen-bond acceptors (Lipinski definition) is 7. The fourth-order valence-corrected chi connectivity index (χ4v) is 5.96. The van der Waals surface area contributed by atoms with Crippen molar-refractivity contribution in [3.05, 3.63) is 35.6 Å². The maximum Gasteiger partial charge on any atom is 0.373 e. The van der Waals surface area contributed by atoms with Gasteiger partial charge in [-0.2, -0.15) is 0 Å². The molecule has 3 aliphatic rings. The van der Waals surface area contributed by atoms with Crippen molar-refractivity contribution in [3.8, 4) is 11.5 Å². The van der Waals surface area contributed by atoms with Gasteiger partial charge in [-0.05, 0) is 54.7 Å². The van der Waals surface area contributed by atoms with Gasteiger partial charge in [0.15, 0.2) is 19.8 Å². The number of benzene rings is 1. The molecule has 0 spiro atoms. The van der Waals surface area contributed by atoms with Gasteiger partial charge in [-0.1, -0.05) is 33.3 Å². The zero-order valence-corrected chi connectivity index (χ0v) is 21.6. The third-order valence-corrected chi connectivity index (χ3v) is 11.8. The molecule has 0 unspecified atom stereocenters. The van der Waals surface area contributed by atoms with E-state index in [-0.39, 0.29) is 29.6 Å². The highest BCUT2D eigenvalue weighted by atomic mass is 28.4. The van der Waals surface area contributed by atoms with Gasteiger partial charge < -0.3 is 28.1 Å². The number of methoxy groups -OCH3 is 1. The Balaban J connectivity index is 1.62. The maximum atomic E-state index is 12.5. The van der Waals surface area contributed by atoms with Crippen molar-refractivity contribution in [1.29, 1.82) is 0 Å². The van der Waals surface area contributed by atoms with Crippen LogP contribution in [0.15, 0.2) is 30.0 Å². The minimum atomic E-state index is -2.20. The quantitative estimate of drug-likeness (QED) is 0.408. The molecule has 1 aliphatic carbocycles. The summed E-state index contributed by atoms with van der Waals surface area (Å²) in [7, 11) is -0.838. The van der Waals surface area contributed by atoms with Crippen molar-refractivity contribution in [1.82, 2.24) is 0 Å². The zero-order valence-electron chi connectivity index (χ0n) is 20.6. The summed E-state index contributed by atoms with van der Waals surface area (Å²) < 4.78 is 35.7. The van der Waals surface area contributed by atoms with E-state index in [2.05, 4.69) is 33.9 Å². The average molecular weight is 477 g/mol. The first-order chi connectivity index (χ1) is 15.5. The summed E-state index contributed by atoms with van der Waals surface area (Å²) in [6, 6.07) is 5.80. The average Bonchev–Trinajstić information content (AvgIpc) is 3.23. The SMILES string of the molecule is COC(=O)C1=C[C@H](OCc2ccc3c(c2)OCO3)[C@H]2CCCC[C@]2(O[Si](C)(C)C(C)(C)C)O1. The van der Waals surface area contributed by atoms with Crippen LogP contribution in [0.4, 0.5) is 0 Å². The van der Waals surface area contributed by atoms with E-state index < -0.39 is 20.1 Å². The summed E-state index contributed by atoms with van der Waals surface area (Å²) in [5, 5.41) is 0.00252. The second-order valence-corrected chi connectivity index (χ2v) is 15.3. The lowest BCUT2D eigenvalue weighted by atomic mass is 9.78. The van der Waals surface area contributed by atoms with Crippen LogP contribution in [-0.4, -0.2) is 40.1 Å². The monoisotopic (exact) mass is 476 g/mol. The topological polar surface area (TPSA) is 72.5 Å². The van der Waals surface area contributed by atoms with Crippen molar-refractivity contribution in [2.24, 2.45) is 5.92 Å². The molecule has 0 bridgehead atoms. The first-order valence-corrected chi connectivity index (χ1v) is 14.6. The van der Waals surface area contributed by atoms with Crippen molar-refractivity contribution in [2.45, 2.75) is 83.1 Å². The fraction of sp³-hybridized carbons (Fsp3) is 0.640. The summed E-state index contributed by atoms with van der Waals surface area (Å²) in [6.07, 6.45) is 5.12. The molecule has 1 aromatic carbocycles. The third-order valence-electron chi connectivity index (χ3n) is 7.35. The lowest BCUT2D eigenvalue weighted by molar-refractivity contribution is -0.251. The zero-order chi connectivity index (χ0) is 23.9. The molecule has 0 saturated heterocycles. The van der Waals surface area contributed by atoms with E-state index in [1.54, 1.807) is 6.08 Å². The summed E-state index contributed by atoms with van der Waals surface area (Å²) in [5.74, 6) is 0.231. The number of hydrogen-bond donors (Lipinski definition) is 0. The summed E-state index contributed by atoms with van der Waals surface area (Å²) in [5.41, 5.74) is 0.977. The summed E-state index contributed by atoms with van der Waals surface area (Å²) in [4.78, 5) is 12.5. The molecular weight excluding hydrogens is 440 g/mol. The molecule has 0 N–H and O–H groups in total. The molecule has 0 radical (unpaired) electrons. The minimum Gasteiger partial charge on any atom is -0.463 e. The van der Waals surface area contributed by atoms with Gasteiger partial charge in [0.1, 0.15) is 0 Å². The largest absolute Gasteiger partial charge is 0.463 e. The highest BCUT2D eigenvalue weighted by Gasteiger charge is 2.56. The van der Waals surface area contributed by atoms with Crippen LogP contribution >= 0.6 is 0 Å². The molecule has 1 aromatic rings. The Morgan fingerprint density at radius 2 is 1.94 bits per heavy atom. The fourth-order valence-electron chi connectivity index (χ4n) is 4.50. The van der Waals surface area contributed by atoms with Gasteiger partial charge in [-0.3, -0.25) is 0 Å². The first kappa shape index (κ1) is 24.1. The number of rotatable bonds is 6. The normalized spacial score (nSPS) is 26.8. The van der Waals surface area contributed by atoms with Crippen LogP contribution in [0.2, 0.25) is 18.1 Å². The third kappa shape index (κ3) is 4.79. The molecule has 2 heterocycles. The number of ether oxygens (including phenoxy) is 5. The molecule has 3 atom stereocenters. The lowest BCUT2D eigenvalue weighted by Gasteiger charge is -2.53. The Hall–Kier alpha value is -2.03. The predicted molar refractivity (Wildman–Crippen MR) is 125 cm³/mol. The van der Waals surface area contributed by atoms with E-state index in [0.29, 0.717) is 6.61 Å². The Bertz CT molecular complexity index is 920. The molecule has 1 fully saturated rings. The van der Waals surface area contributed by atoms with E-state index in [4.69, 9.17) is 28.1 Å². The van der Waals surface area contributed by atoms with Crippen LogP contribution in [0.25, 0.3) is 0 Å². The molecule has 2 aliphatic heterocycles. The van der Waals surface area contributed by atoms with Crippen LogP contribution < -0.4 is 9.47 Å². The van der Waals surface area contributed by atoms with Crippen molar-refractivity contribution in [3.63, 3.8) is 0 Å². The van der Waals surface area contributed by atoms with Crippen LogP contribution in [0.3, 0.4) is 0 Å². The number of esters is 1. The lowest BCUT2D eigenvalue weighted by Crippen LogP contribution is -2.60. The van der Waals surface area contributed by atoms with Gasteiger partial charge in [-0.25, -0.2) is 4.79 Å². The molecule has 4 rings (SSSR count). The van der Waals surface area contributed by atoms with Gasteiger partial charge in [0.2, 0.25) is 18.3 Å². The highest BCUT2D eigenvalue weighted by Crippen LogP contribution is 2.50. The number of carbonyl (C=O) groups is 1. The minimum absolute atomic E-state index is 0.00252. The van der Waals surface area contributed by atoms with Gasteiger partial charge in [0, 0.05) is 6.42 Å². The van der Waals surface area contributed by atoms with Crippen molar-refractivity contribution >= 4 is 14.3 Å². The molecular formula is C25H36O7Si. The molecule has 8 heteroatoms. The summed E-state index contributed by atoms with van der Waals surface area (Å²) >= 11 is 0. The first-order valence-electron chi connectivity index (χ1n) is 11.7. The van der Waals surface area contributed by atoms with Crippen molar-refractivity contribution < 1.29 is 32.9 Å². The smallest absolute Gasteiger partial charge is 0.373 e. The van der Waals surface area contributed by atoms with Gasteiger partial charge in [0.25, 0.3) is 0 Å². The van der Waals surface area contributed by atoms with E-state index in [1.165, 1.54) is 7.11 Å². The second kappa shape index (κ2) is 8.96. The molecule has 0 amide bonds. The van der Waals surface area contributed by atoms with Crippen LogP contribution in [0.5, 0.6) is 11.5 Å². The van der Waals surface area contributed by atoms with Gasteiger partial charge in [0.05, 0.1) is 25.7 Å². The maximum absolute atomic E-state index is 12.5. The predicted octanol–water partition coefficient (Wildman–Crippen LogP) is 5.30. The number of fused-ring (bicyclic) bond motifs is 2. The molecule has 0 aromatic heterocycles. The standard InChI is InChI=1S/C25H36O7Si/c1-24(2,3)33(5,6)32-25-12-8-7-9-18(25)20(14-22(31-25)23(26)27-4)28-15-17-10-11-19-21(13-17)30-16-29-19/h10-11,13-14,18,20H,7-9,12,15-16H2,1-6H3/t18-,20+,25-/m1/s1. The van der Waals surface area contributed by atoms with Crippen LogP contribution in [-0.2, 0) is 30.0 Å². The Morgan fingerprint density at radius 1 is 1.18 bits per heavy atom. The van der Waals surface area contributed by atoms with E-state index >= 15 is 0 Å². The van der Waals surface area contributed by atoms with Crippen LogP contribution in [0, 0.1) is 5.92 Å². The molecule has 182 valence electrons. The van der Waals surface area contributed by atoms with E-state index in [9.17, 15) is 4.79 Å². The Labute approximate surface area is 197 Å².